The monoisotopic (exact) mass is 258 g/mol. The van der Waals surface area contributed by atoms with Crippen molar-refractivity contribution in [2.45, 2.75) is 12.8 Å². The Morgan fingerprint density at radius 3 is 3.00 bits per heavy atom. The van der Waals surface area contributed by atoms with Crippen LogP contribution in [0.15, 0.2) is 24.3 Å². The van der Waals surface area contributed by atoms with Crippen molar-refractivity contribution < 1.29 is 14.6 Å². The highest BCUT2D eigenvalue weighted by Crippen LogP contribution is 2.30. The summed E-state index contributed by atoms with van der Waals surface area (Å²) in [6.07, 6.45) is 2.01. The summed E-state index contributed by atoms with van der Waals surface area (Å²) in [5.74, 6) is -0.0845. The molecule has 1 aliphatic heterocycles. The Balaban J connectivity index is 2.04. The van der Waals surface area contributed by atoms with Crippen LogP contribution < -0.4 is 4.74 Å². The lowest BCUT2D eigenvalue weighted by molar-refractivity contribution is 0.0689. The van der Waals surface area contributed by atoms with Gasteiger partial charge in [-0.25, -0.2) is 4.79 Å². The smallest absolute Gasteiger partial charge is 0.356 e. The van der Waals surface area contributed by atoms with Crippen LogP contribution in [0.4, 0.5) is 0 Å². The third kappa shape index (κ3) is 2.07. The molecule has 0 radical (unpaired) electrons. The van der Waals surface area contributed by atoms with Gasteiger partial charge in [0, 0.05) is 12.6 Å². The van der Waals surface area contributed by atoms with E-state index < -0.39 is 5.97 Å². The van der Waals surface area contributed by atoms with E-state index in [9.17, 15) is 4.79 Å². The van der Waals surface area contributed by atoms with E-state index in [-0.39, 0.29) is 5.69 Å². The van der Waals surface area contributed by atoms with Crippen LogP contribution in [0.3, 0.4) is 0 Å². The highest BCUT2D eigenvalue weighted by Gasteiger charge is 2.15. The zero-order valence-electron chi connectivity index (χ0n) is 10.6. The first kappa shape index (κ1) is 11.8. The SMILES string of the molecule is Cn1nc(C(=O)O)cc1-c1ccc2c(c1)CCCO2. The topological polar surface area (TPSA) is 64.4 Å². The molecule has 1 aliphatic rings. The number of nitrogens with zero attached hydrogens (tertiary/aromatic N) is 2. The lowest BCUT2D eigenvalue weighted by atomic mass is 10.0. The average molecular weight is 258 g/mol. The standard InChI is InChI=1S/C14H14N2O3/c1-16-12(8-11(15-16)14(17)18)9-4-5-13-10(7-9)3-2-6-19-13/h4-5,7-8H,2-3,6H2,1H3,(H,17,18). The molecule has 2 heterocycles. The molecule has 19 heavy (non-hydrogen) atoms. The van der Waals surface area contributed by atoms with Crippen LogP contribution in [0.25, 0.3) is 11.3 Å². The number of carboxylic acid groups (broad SMARTS) is 1. The maximum Gasteiger partial charge on any atom is 0.356 e. The minimum absolute atomic E-state index is 0.0615. The van der Waals surface area contributed by atoms with Gasteiger partial charge in [-0.1, -0.05) is 0 Å². The quantitative estimate of drug-likeness (QED) is 0.896. The molecule has 0 amide bonds. The van der Waals surface area contributed by atoms with Crippen molar-refractivity contribution in [1.29, 1.82) is 0 Å². The van der Waals surface area contributed by atoms with Gasteiger partial charge in [-0.3, -0.25) is 4.68 Å². The fraction of sp³-hybridized carbons (Fsp3) is 0.286. The Morgan fingerprint density at radius 1 is 1.42 bits per heavy atom. The van der Waals surface area contributed by atoms with Crippen molar-refractivity contribution in [3.8, 4) is 17.0 Å². The summed E-state index contributed by atoms with van der Waals surface area (Å²) in [6, 6.07) is 7.52. The molecule has 5 heteroatoms. The number of carboxylic acids is 1. The first-order chi connectivity index (χ1) is 9.15. The van der Waals surface area contributed by atoms with Gasteiger partial charge in [0.05, 0.1) is 12.3 Å². The molecule has 0 bridgehead atoms. The Kier molecular flexibility index (Phi) is 2.74. The van der Waals surface area contributed by atoms with Crippen molar-refractivity contribution in [3.63, 3.8) is 0 Å². The highest BCUT2D eigenvalue weighted by atomic mass is 16.5. The van der Waals surface area contributed by atoms with Crippen molar-refractivity contribution >= 4 is 5.97 Å². The molecule has 0 saturated carbocycles. The molecule has 3 rings (SSSR count). The van der Waals surface area contributed by atoms with Crippen LogP contribution in [0.5, 0.6) is 5.75 Å². The zero-order chi connectivity index (χ0) is 13.4. The maximum atomic E-state index is 10.9. The van der Waals surface area contributed by atoms with Gasteiger partial charge < -0.3 is 9.84 Å². The maximum absolute atomic E-state index is 10.9. The molecule has 1 aromatic heterocycles. The summed E-state index contributed by atoms with van der Waals surface area (Å²) in [5.41, 5.74) is 2.99. The Hall–Kier alpha value is -2.30. The summed E-state index contributed by atoms with van der Waals surface area (Å²) in [6.45, 7) is 0.765. The van der Waals surface area contributed by atoms with Gasteiger partial charge >= 0.3 is 5.97 Å². The molecule has 0 unspecified atom stereocenters. The van der Waals surface area contributed by atoms with Gasteiger partial charge in [-0.15, -0.1) is 0 Å². The summed E-state index contributed by atoms with van der Waals surface area (Å²) in [5, 5.41) is 13.0. The Morgan fingerprint density at radius 2 is 2.26 bits per heavy atom. The van der Waals surface area contributed by atoms with E-state index in [0.29, 0.717) is 0 Å². The second-order valence-corrected chi connectivity index (χ2v) is 4.62. The molecule has 2 aromatic rings. The van der Waals surface area contributed by atoms with Crippen LogP contribution >= 0.6 is 0 Å². The number of fused-ring (bicyclic) bond motifs is 1. The third-order valence-electron chi connectivity index (χ3n) is 3.30. The third-order valence-corrected chi connectivity index (χ3v) is 3.30. The van der Waals surface area contributed by atoms with Crippen LogP contribution in [0.1, 0.15) is 22.5 Å². The lowest BCUT2D eigenvalue weighted by Gasteiger charge is -2.17. The van der Waals surface area contributed by atoms with E-state index >= 15 is 0 Å². The van der Waals surface area contributed by atoms with E-state index in [1.54, 1.807) is 17.8 Å². The lowest BCUT2D eigenvalue weighted by Crippen LogP contribution is -2.08. The van der Waals surface area contributed by atoms with E-state index in [0.717, 1.165) is 36.5 Å². The molecule has 0 fully saturated rings. The summed E-state index contributed by atoms with van der Waals surface area (Å²) in [4.78, 5) is 10.9. The highest BCUT2D eigenvalue weighted by molar-refractivity contribution is 5.87. The minimum Gasteiger partial charge on any atom is -0.493 e. The molecular weight excluding hydrogens is 244 g/mol. The zero-order valence-corrected chi connectivity index (χ0v) is 10.6. The fourth-order valence-corrected chi connectivity index (χ4v) is 2.36. The molecule has 98 valence electrons. The number of hydrogen-bond donors (Lipinski definition) is 1. The second-order valence-electron chi connectivity index (χ2n) is 4.62. The van der Waals surface area contributed by atoms with E-state index in [4.69, 9.17) is 9.84 Å². The Bertz CT molecular complexity index is 646. The van der Waals surface area contributed by atoms with Gasteiger partial charge in [0.25, 0.3) is 0 Å². The predicted molar refractivity (Wildman–Crippen MR) is 69.4 cm³/mol. The van der Waals surface area contributed by atoms with Gasteiger partial charge in [-0.2, -0.15) is 5.10 Å². The van der Waals surface area contributed by atoms with E-state index in [1.165, 1.54) is 5.56 Å². The summed E-state index contributed by atoms with van der Waals surface area (Å²) < 4.78 is 7.16. The van der Waals surface area contributed by atoms with Crippen molar-refractivity contribution in [3.05, 3.63) is 35.5 Å². The van der Waals surface area contributed by atoms with E-state index in [2.05, 4.69) is 11.2 Å². The van der Waals surface area contributed by atoms with Crippen molar-refractivity contribution in [1.82, 2.24) is 9.78 Å². The van der Waals surface area contributed by atoms with Crippen LogP contribution in [0, 0.1) is 0 Å². The van der Waals surface area contributed by atoms with Crippen LogP contribution in [-0.2, 0) is 13.5 Å². The molecule has 0 atom stereocenters. The number of benzene rings is 1. The number of carbonyl (C=O) groups is 1. The molecule has 0 spiro atoms. The average Bonchev–Trinajstić information content (AvgIpc) is 2.80. The normalized spacial score (nSPS) is 13.7. The second kappa shape index (κ2) is 4.42. The number of aromatic carboxylic acids is 1. The predicted octanol–water partition coefficient (Wildman–Crippen LogP) is 2.11. The van der Waals surface area contributed by atoms with Crippen LogP contribution in [-0.4, -0.2) is 27.5 Å². The Labute approximate surface area is 110 Å². The number of ether oxygens (including phenoxy) is 1. The molecule has 0 saturated heterocycles. The van der Waals surface area contributed by atoms with Crippen molar-refractivity contribution in [2.75, 3.05) is 6.61 Å². The molecule has 5 nitrogen and oxygen atoms in total. The van der Waals surface area contributed by atoms with Crippen LogP contribution in [0.2, 0.25) is 0 Å². The number of aryl methyl sites for hydroxylation is 2. The van der Waals surface area contributed by atoms with Gasteiger partial charge in [0.15, 0.2) is 5.69 Å². The number of rotatable bonds is 2. The summed E-state index contributed by atoms with van der Waals surface area (Å²) >= 11 is 0. The van der Waals surface area contributed by atoms with Gasteiger partial charge in [0.1, 0.15) is 5.75 Å². The fourth-order valence-electron chi connectivity index (χ4n) is 2.36. The molecule has 1 N–H and O–H groups in total. The van der Waals surface area contributed by atoms with Gasteiger partial charge in [0.2, 0.25) is 0 Å². The molecule has 1 aromatic carbocycles. The van der Waals surface area contributed by atoms with E-state index in [1.807, 2.05) is 12.1 Å². The minimum atomic E-state index is -1.01. The first-order valence-electron chi connectivity index (χ1n) is 6.18. The molecule has 0 aliphatic carbocycles. The first-order valence-corrected chi connectivity index (χ1v) is 6.18. The van der Waals surface area contributed by atoms with Crippen molar-refractivity contribution in [2.24, 2.45) is 7.05 Å². The number of hydrogen-bond acceptors (Lipinski definition) is 3. The molecular formula is C14H14N2O3. The number of aromatic nitrogens is 2. The van der Waals surface area contributed by atoms with Gasteiger partial charge in [-0.05, 0) is 42.7 Å². The largest absolute Gasteiger partial charge is 0.493 e. The summed E-state index contributed by atoms with van der Waals surface area (Å²) in [7, 11) is 1.75.